The van der Waals surface area contributed by atoms with Crippen LogP contribution in [0.15, 0.2) is 18.2 Å². The normalized spacial score (nSPS) is 12.9. The first kappa shape index (κ1) is 19.1. The first-order valence-electron chi connectivity index (χ1n) is 7.06. The molecule has 0 heterocycles. The number of benzene rings is 1. The SMILES string of the molecule is CC(O)CC(C)(C)CNC(=O)Nc1ccc(OC(F)F)c(F)c1. The molecular formula is C15H21F3N2O3. The first-order valence-corrected chi connectivity index (χ1v) is 7.06. The molecule has 130 valence electrons. The van der Waals surface area contributed by atoms with Crippen molar-refractivity contribution in [2.75, 3.05) is 11.9 Å². The molecule has 1 atom stereocenters. The third-order valence-electron chi connectivity index (χ3n) is 2.98. The first-order chi connectivity index (χ1) is 10.6. The third kappa shape index (κ3) is 7.23. The molecule has 1 aromatic carbocycles. The predicted octanol–water partition coefficient (Wildman–Crippen LogP) is 3.35. The van der Waals surface area contributed by atoms with Crippen LogP contribution >= 0.6 is 0 Å². The molecule has 0 radical (unpaired) electrons. The molecule has 0 aromatic heterocycles. The van der Waals surface area contributed by atoms with E-state index < -0.39 is 30.3 Å². The molecule has 0 aliphatic heterocycles. The van der Waals surface area contributed by atoms with Gasteiger partial charge in [0.25, 0.3) is 0 Å². The van der Waals surface area contributed by atoms with Crippen molar-refractivity contribution in [1.29, 1.82) is 0 Å². The number of alkyl halides is 2. The van der Waals surface area contributed by atoms with E-state index >= 15 is 0 Å². The van der Waals surface area contributed by atoms with Crippen LogP contribution in [0, 0.1) is 11.2 Å². The number of aliphatic hydroxyl groups excluding tert-OH is 1. The predicted molar refractivity (Wildman–Crippen MR) is 80.1 cm³/mol. The fraction of sp³-hybridized carbons (Fsp3) is 0.533. The molecule has 3 N–H and O–H groups in total. The summed E-state index contributed by atoms with van der Waals surface area (Å²) in [6, 6.07) is 2.58. The fourth-order valence-corrected chi connectivity index (χ4v) is 2.14. The van der Waals surface area contributed by atoms with E-state index in [-0.39, 0.29) is 11.1 Å². The maximum absolute atomic E-state index is 13.5. The minimum absolute atomic E-state index is 0.106. The Morgan fingerprint density at radius 1 is 1.39 bits per heavy atom. The number of amides is 2. The standard InChI is InChI=1S/C15H21F3N2O3/c1-9(21)7-15(2,3)8-19-14(22)20-10-4-5-12(11(16)6-10)23-13(17)18/h4-6,9,13,21H,7-8H2,1-3H3,(H2,19,20,22). The van der Waals surface area contributed by atoms with Crippen LogP contribution in [0.25, 0.3) is 0 Å². The second kappa shape index (κ2) is 8.05. The van der Waals surface area contributed by atoms with Crippen LogP contribution in [0.4, 0.5) is 23.7 Å². The van der Waals surface area contributed by atoms with Crippen molar-refractivity contribution in [2.24, 2.45) is 5.41 Å². The minimum atomic E-state index is -3.12. The number of urea groups is 1. The van der Waals surface area contributed by atoms with Crippen molar-refractivity contribution in [1.82, 2.24) is 5.32 Å². The number of hydrogen-bond acceptors (Lipinski definition) is 3. The van der Waals surface area contributed by atoms with Crippen LogP contribution < -0.4 is 15.4 Å². The van der Waals surface area contributed by atoms with Crippen LogP contribution in [-0.4, -0.2) is 30.4 Å². The highest BCUT2D eigenvalue weighted by Crippen LogP contribution is 2.23. The Bertz CT molecular complexity index is 537. The Morgan fingerprint density at radius 3 is 2.57 bits per heavy atom. The molecule has 0 saturated carbocycles. The number of carbonyl (C=O) groups excluding carboxylic acids is 1. The lowest BCUT2D eigenvalue weighted by molar-refractivity contribution is -0.0521. The molecule has 0 aliphatic carbocycles. The molecule has 5 nitrogen and oxygen atoms in total. The molecule has 1 aromatic rings. The lowest BCUT2D eigenvalue weighted by Gasteiger charge is -2.26. The monoisotopic (exact) mass is 334 g/mol. The molecule has 0 bridgehead atoms. The zero-order chi connectivity index (χ0) is 17.6. The van der Waals surface area contributed by atoms with E-state index in [0.29, 0.717) is 13.0 Å². The summed E-state index contributed by atoms with van der Waals surface area (Å²) in [5.74, 6) is -1.60. The number of halogens is 3. The van der Waals surface area contributed by atoms with Gasteiger partial charge in [0.05, 0.1) is 6.10 Å². The quantitative estimate of drug-likeness (QED) is 0.716. The van der Waals surface area contributed by atoms with Crippen LogP contribution in [0.1, 0.15) is 27.2 Å². The van der Waals surface area contributed by atoms with Crippen molar-refractivity contribution >= 4 is 11.7 Å². The number of anilines is 1. The second-order valence-electron chi connectivity index (χ2n) is 6.05. The Balaban J connectivity index is 2.56. The van der Waals surface area contributed by atoms with Crippen molar-refractivity contribution in [3.63, 3.8) is 0 Å². The zero-order valence-electron chi connectivity index (χ0n) is 13.2. The van der Waals surface area contributed by atoms with Gasteiger partial charge in [-0.25, -0.2) is 9.18 Å². The largest absolute Gasteiger partial charge is 0.432 e. The van der Waals surface area contributed by atoms with Gasteiger partial charge in [0.15, 0.2) is 11.6 Å². The van der Waals surface area contributed by atoms with Crippen molar-refractivity contribution in [3.8, 4) is 5.75 Å². The summed E-state index contributed by atoms with van der Waals surface area (Å²) in [6.45, 7) is 2.61. The fourth-order valence-electron chi connectivity index (χ4n) is 2.14. The number of carbonyl (C=O) groups is 1. The maximum Gasteiger partial charge on any atom is 0.387 e. The molecule has 1 rings (SSSR count). The number of ether oxygens (including phenoxy) is 1. The lowest BCUT2D eigenvalue weighted by atomic mass is 9.87. The Labute approximate surface area is 132 Å². The van der Waals surface area contributed by atoms with Gasteiger partial charge in [-0.1, -0.05) is 13.8 Å². The Morgan fingerprint density at radius 2 is 2.04 bits per heavy atom. The second-order valence-corrected chi connectivity index (χ2v) is 6.05. The van der Waals surface area contributed by atoms with Gasteiger partial charge in [0.2, 0.25) is 0 Å². The topological polar surface area (TPSA) is 70.6 Å². The molecule has 1 unspecified atom stereocenters. The van der Waals surface area contributed by atoms with Gasteiger partial charge in [0, 0.05) is 18.3 Å². The molecule has 0 spiro atoms. The Hall–Kier alpha value is -1.96. The average molecular weight is 334 g/mol. The van der Waals surface area contributed by atoms with Gasteiger partial charge in [-0.2, -0.15) is 8.78 Å². The molecule has 2 amide bonds. The van der Waals surface area contributed by atoms with E-state index in [1.54, 1.807) is 6.92 Å². The van der Waals surface area contributed by atoms with Gasteiger partial charge >= 0.3 is 12.6 Å². The molecule has 8 heteroatoms. The number of aliphatic hydroxyl groups is 1. The zero-order valence-corrected chi connectivity index (χ0v) is 13.2. The molecular weight excluding hydrogens is 313 g/mol. The van der Waals surface area contributed by atoms with Gasteiger partial charge in [-0.05, 0) is 30.9 Å². The van der Waals surface area contributed by atoms with Crippen LogP contribution in [0.3, 0.4) is 0 Å². The highest BCUT2D eigenvalue weighted by molar-refractivity contribution is 5.89. The summed E-state index contributed by atoms with van der Waals surface area (Å²) in [6.07, 6.45) is 0.00743. The van der Waals surface area contributed by atoms with Gasteiger partial charge < -0.3 is 20.5 Å². The van der Waals surface area contributed by atoms with Crippen molar-refractivity contribution in [2.45, 2.75) is 39.9 Å². The van der Waals surface area contributed by atoms with Gasteiger partial charge in [-0.3, -0.25) is 0 Å². The average Bonchev–Trinajstić information content (AvgIpc) is 2.38. The molecule has 23 heavy (non-hydrogen) atoms. The van der Waals surface area contributed by atoms with E-state index in [4.69, 9.17) is 0 Å². The van der Waals surface area contributed by atoms with Crippen molar-refractivity contribution < 1.29 is 27.8 Å². The summed E-state index contributed by atoms with van der Waals surface area (Å²) in [7, 11) is 0. The smallest absolute Gasteiger partial charge is 0.387 e. The van der Waals surface area contributed by atoms with Crippen LogP contribution in [-0.2, 0) is 0 Å². The minimum Gasteiger partial charge on any atom is -0.432 e. The van der Waals surface area contributed by atoms with E-state index in [9.17, 15) is 23.1 Å². The summed E-state index contributed by atoms with van der Waals surface area (Å²) < 4.78 is 41.5. The summed E-state index contributed by atoms with van der Waals surface area (Å²) in [5, 5.41) is 14.4. The van der Waals surface area contributed by atoms with E-state index in [2.05, 4.69) is 15.4 Å². The van der Waals surface area contributed by atoms with Gasteiger partial charge in [0.1, 0.15) is 0 Å². The highest BCUT2D eigenvalue weighted by atomic mass is 19.3. The molecule has 0 aliphatic rings. The van der Waals surface area contributed by atoms with E-state index in [1.807, 2.05) is 13.8 Å². The number of nitrogens with one attached hydrogen (secondary N) is 2. The van der Waals surface area contributed by atoms with Crippen molar-refractivity contribution in [3.05, 3.63) is 24.0 Å². The van der Waals surface area contributed by atoms with Crippen LogP contribution in [0.5, 0.6) is 5.75 Å². The maximum atomic E-state index is 13.5. The summed E-state index contributed by atoms with van der Waals surface area (Å²) >= 11 is 0. The lowest BCUT2D eigenvalue weighted by Crippen LogP contribution is -2.38. The van der Waals surface area contributed by atoms with Crippen LogP contribution in [0.2, 0.25) is 0 Å². The number of rotatable bonds is 7. The van der Waals surface area contributed by atoms with E-state index in [1.165, 1.54) is 6.07 Å². The summed E-state index contributed by atoms with van der Waals surface area (Å²) in [5.41, 5.74) is -0.207. The van der Waals surface area contributed by atoms with Gasteiger partial charge in [-0.15, -0.1) is 0 Å². The Kier molecular flexibility index (Phi) is 6.68. The number of hydrogen-bond donors (Lipinski definition) is 3. The van der Waals surface area contributed by atoms with E-state index in [0.717, 1.165) is 12.1 Å². The molecule has 0 fully saturated rings. The third-order valence-corrected chi connectivity index (χ3v) is 2.98. The highest BCUT2D eigenvalue weighted by Gasteiger charge is 2.21. The molecule has 0 saturated heterocycles. The summed E-state index contributed by atoms with van der Waals surface area (Å²) in [4.78, 5) is 11.8.